The van der Waals surface area contributed by atoms with Gasteiger partial charge in [-0.15, -0.1) is 5.10 Å². The molecule has 1 N–H and O–H groups in total. The maximum Gasteiger partial charge on any atom is 0.336 e. The van der Waals surface area contributed by atoms with E-state index in [4.69, 9.17) is 18.4 Å². The first kappa shape index (κ1) is 19.4. The number of anilines is 1. The largest absolute Gasteiger partial charge is 0.497 e. The van der Waals surface area contributed by atoms with Crippen molar-refractivity contribution in [3.05, 3.63) is 30.0 Å². The van der Waals surface area contributed by atoms with Crippen LogP contribution in [-0.2, 0) is 14.6 Å². The third-order valence-corrected chi connectivity index (χ3v) is 4.87. The Kier molecular flexibility index (Phi) is 5.31. The molecule has 0 aliphatic heterocycles. The van der Waals surface area contributed by atoms with E-state index in [1.165, 1.54) is 20.3 Å². The van der Waals surface area contributed by atoms with E-state index in [0.717, 1.165) is 0 Å². The van der Waals surface area contributed by atoms with Crippen LogP contribution in [0.25, 0.3) is 11.5 Å². The minimum atomic E-state index is -4.18. The quantitative estimate of drug-likeness (QED) is 0.609. The number of amides is 1. The molecule has 0 saturated heterocycles. The number of hydrogen-bond acceptors (Lipinski definition) is 10. The Morgan fingerprint density at radius 1 is 1.18 bits per heavy atom. The van der Waals surface area contributed by atoms with Gasteiger partial charge in [-0.05, 0) is 25.1 Å². The highest BCUT2D eigenvalue weighted by molar-refractivity contribution is 7.91. The maximum absolute atomic E-state index is 12.4. The number of nitrogens with one attached hydrogen (secondary N) is 1. The van der Waals surface area contributed by atoms with E-state index in [-0.39, 0.29) is 11.7 Å². The predicted molar refractivity (Wildman–Crippen MR) is 94.8 cm³/mol. The molecule has 11 nitrogen and oxygen atoms in total. The molecule has 2 heterocycles. The molecule has 0 saturated carbocycles. The average Bonchev–Trinajstić information content (AvgIpc) is 3.30. The third-order valence-electron chi connectivity index (χ3n) is 3.53. The summed E-state index contributed by atoms with van der Waals surface area (Å²) in [5, 5.41) is 12.5. The van der Waals surface area contributed by atoms with Gasteiger partial charge in [0.15, 0.2) is 5.82 Å². The van der Waals surface area contributed by atoms with Crippen LogP contribution in [0.4, 0.5) is 5.82 Å². The lowest BCUT2D eigenvalue weighted by molar-refractivity contribution is -0.113. The summed E-state index contributed by atoms with van der Waals surface area (Å²) in [6.07, 6.45) is 0. The van der Waals surface area contributed by atoms with Crippen LogP contribution in [0.15, 0.2) is 38.4 Å². The normalized spacial score (nSPS) is 11.2. The Bertz CT molecular complexity index is 1100. The van der Waals surface area contributed by atoms with Gasteiger partial charge in [-0.3, -0.25) is 4.79 Å². The van der Waals surface area contributed by atoms with E-state index in [1.807, 2.05) is 0 Å². The number of aryl methyl sites for hydroxylation is 1. The van der Waals surface area contributed by atoms with Crippen LogP contribution in [-0.4, -0.2) is 49.7 Å². The summed E-state index contributed by atoms with van der Waals surface area (Å²) in [5.41, 5.74) is 0.346. The van der Waals surface area contributed by atoms with Crippen LogP contribution in [0.1, 0.15) is 5.76 Å². The second-order valence-corrected chi connectivity index (χ2v) is 7.44. The molecule has 0 atom stereocenters. The van der Waals surface area contributed by atoms with Gasteiger partial charge >= 0.3 is 5.22 Å². The van der Waals surface area contributed by atoms with Crippen molar-refractivity contribution in [2.75, 3.05) is 25.3 Å². The zero-order valence-corrected chi connectivity index (χ0v) is 15.9. The Morgan fingerprint density at radius 3 is 2.61 bits per heavy atom. The first-order valence-electron chi connectivity index (χ1n) is 7.84. The lowest BCUT2D eigenvalue weighted by Gasteiger charge is -2.07. The van der Waals surface area contributed by atoms with E-state index < -0.39 is 26.7 Å². The fourth-order valence-corrected chi connectivity index (χ4v) is 3.18. The van der Waals surface area contributed by atoms with Gasteiger partial charge in [0.1, 0.15) is 23.0 Å². The van der Waals surface area contributed by atoms with E-state index in [0.29, 0.717) is 22.8 Å². The molecule has 0 aliphatic carbocycles. The second kappa shape index (κ2) is 7.68. The number of sulfone groups is 1. The number of nitrogens with zero attached hydrogens (tertiary/aromatic N) is 3. The second-order valence-electron chi connectivity index (χ2n) is 5.57. The van der Waals surface area contributed by atoms with E-state index in [2.05, 4.69) is 20.7 Å². The van der Waals surface area contributed by atoms with Crippen molar-refractivity contribution in [3.8, 4) is 23.0 Å². The first-order valence-corrected chi connectivity index (χ1v) is 9.49. The van der Waals surface area contributed by atoms with Gasteiger partial charge in [0.25, 0.3) is 5.89 Å². The topological polar surface area (TPSA) is 147 Å². The highest BCUT2D eigenvalue weighted by atomic mass is 32.2. The van der Waals surface area contributed by atoms with Crippen LogP contribution in [0.2, 0.25) is 0 Å². The van der Waals surface area contributed by atoms with E-state index >= 15 is 0 Å². The fourth-order valence-electron chi connectivity index (χ4n) is 2.26. The molecule has 2 aromatic heterocycles. The van der Waals surface area contributed by atoms with Gasteiger partial charge in [-0.2, -0.15) is 0 Å². The maximum atomic E-state index is 12.4. The molecule has 0 unspecified atom stereocenters. The number of aromatic nitrogens is 3. The molecule has 0 spiro atoms. The van der Waals surface area contributed by atoms with Crippen molar-refractivity contribution in [3.63, 3.8) is 0 Å². The number of carbonyl (C=O) groups excluding carboxylic acids is 1. The first-order chi connectivity index (χ1) is 13.3. The number of methoxy groups -OCH3 is 2. The van der Waals surface area contributed by atoms with Gasteiger partial charge in [-0.25, -0.2) is 8.42 Å². The molecule has 1 aromatic carbocycles. The summed E-state index contributed by atoms with van der Waals surface area (Å²) in [5.74, 6) is -0.394. The van der Waals surface area contributed by atoms with E-state index in [9.17, 15) is 13.2 Å². The molecule has 3 aromatic rings. The Labute approximate surface area is 159 Å². The lowest BCUT2D eigenvalue weighted by atomic mass is 10.2. The predicted octanol–water partition coefficient (Wildman–Crippen LogP) is 1.46. The van der Waals surface area contributed by atoms with Crippen LogP contribution < -0.4 is 14.8 Å². The van der Waals surface area contributed by atoms with Gasteiger partial charge < -0.3 is 23.7 Å². The smallest absolute Gasteiger partial charge is 0.336 e. The van der Waals surface area contributed by atoms with E-state index in [1.54, 1.807) is 25.1 Å². The molecule has 28 heavy (non-hydrogen) atoms. The van der Waals surface area contributed by atoms with Crippen molar-refractivity contribution in [2.45, 2.75) is 12.1 Å². The SMILES string of the molecule is COc1ccc(OC)c(-c2nnc(S(=O)(=O)CC(=O)Nc3cc(C)on3)o2)c1. The van der Waals surface area contributed by atoms with Gasteiger partial charge in [0.05, 0.1) is 19.8 Å². The van der Waals surface area contributed by atoms with Crippen molar-refractivity contribution >= 4 is 21.6 Å². The summed E-state index contributed by atoms with van der Waals surface area (Å²) in [7, 11) is -1.26. The van der Waals surface area contributed by atoms with Gasteiger partial charge in [0, 0.05) is 6.07 Å². The highest BCUT2D eigenvalue weighted by Gasteiger charge is 2.27. The Balaban J connectivity index is 1.81. The minimum Gasteiger partial charge on any atom is -0.497 e. The summed E-state index contributed by atoms with van der Waals surface area (Å²) in [6.45, 7) is 1.63. The summed E-state index contributed by atoms with van der Waals surface area (Å²) in [6, 6.07) is 6.28. The van der Waals surface area contributed by atoms with Crippen molar-refractivity contribution < 1.29 is 31.6 Å². The molecule has 12 heteroatoms. The molecule has 3 rings (SSSR count). The fraction of sp³-hybridized carbons (Fsp3) is 0.250. The summed E-state index contributed by atoms with van der Waals surface area (Å²) < 4.78 is 45.2. The number of hydrogen-bond donors (Lipinski definition) is 1. The van der Waals surface area contributed by atoms with Crippen LogP contribution in [0.3, 0.4) is 0 Å². The van der Waals surface area contributed by atoms with Crippen molar-refractivity contribution in [1.82, 2.24) is 15.4 Å². The zero-order valence-electron chi connectivity index (χ0n) is 15.1. The summed E-state index contributed by atoms with van der Waals surface area (Å²) in [4.78, 5) is 12.0. The molecule has 148 valence electrons. The van der Waals surface area contributed by atoms with Gasteiger partial charge in [-0.1, -0.05) is 10.3 Å². The molecule has 0 fully saturated rings. The molecule has 0 radical (unpaired) electrons. The third kappa shape index (κ3) is 4.11. The van der Waals surface area contributed by atoms with Gasteiger partial charge in [0.2, 0.25) is 15.7 Å². The molecular weight excluding hydrogens is 392 g/mol. The Hall–Kier alpha value is -3.41. The number of ether oxygens (including phenoxy) is 2. The van der Waals surface area contributed by atoms with Crippen LogP contribution in [0.5, 0.6) is 11.5 Å². The molecule has 1 amide bonds. The summed E-state index contributed by atoms with van der Waals surface area (Å²) >= 11 is 0. The monoisotopic (exact) mass is 408 g/mol. The highest BCUT2D eigenvalue weighted by Crippen LogP contribution is 2.33. The molecule has 0 aliphatic rings. The van der Waals surface area contributed by atoms with Crippen molar-refractivity contribution in [1.29, 1.82) is 0 Å². The number of benzene rings is 1. The Morgan fingerprint density at radius 2 is 1.96 bits per heavy atom. The standard InChI is InChI=1S/C16H16N4O7S/c1-9-6-13(20-27-9)17-14(21)8-28(22,23)16-19-18-15(26-16)11-7-10(24-2)4-5-12(11)25-3/h4-7H,8H2,1-3H3,(H,17,20,21). The number of rotatable bonds is 7. The molecular formula is C16H16N4O7S. The minimum absolute atomic E-state index is 0.0955. The van der Waals surface area contributed by atoms with Crippen molar-refractivity contribution in [2.24, 2.45) is 0 Å². The lowest BCUT2D eigenvalue weighted by Crippen LogP contribution is -2.23. The average molecular weight is 408 g/mol. The van der Waals surface area contributed by atoms with Crippen LogP contribution >= 0.6 is 0 Å². The molecule has 0 bridgehead atoms. The number of carbonyl (C=O) groups is 1. The van der Waals surface area contributed by atoms with Crippen LogP contribution in [0, 0.1) is 6.92 Å². The zero-order chi connectivity index (χ0) is 20.3.